The van der Waals surface area contributed by atoms with Crippen molar-refractivity contribution in [2.45, 2.75) is 26.7 Å². The van der Waals surface area contributed by atoms with Crippen molar-refractivity contribution in [3.05, 3.63) is 41.6 Å². The van der Waals surface area contributed by atoms with Gasteiger partial charge < -0.3 is 14.8 Å². The van der Waals surface area contributed by atoms with E-state index in [2.05, 4.69) is 25.0 Å². The first-order valence-corrected chi connectivity index (χ1v) is 6.54. The number of hydrogen-bond acceptors (Lipinski definition) is 6. The third-order valence-corrected chi connectivity index (χ3v) is 2.65. The number of aryl methyl sites for hydroxylation is 1. The third-order valence-electron chi connectivity index (χ3n) is 2.65. The van der Waals surface area contributed by atoms with Crippen molar-refractivity contribution in [1.82, 2.24) is 15.0 Å². The molecule has 1 N–H and O–H groups in total. The van der Waals surface area contributed by atoms with Gasteiger partial charge in [-0.3, -0.25) is 4.98 Å². The van der Waals surface area contributed by atoms with Crippen LogP contribution in [0.1, 0.15) is 17.2 Å². The van der Waals surface area contributed by atoms with Crippen molar-refractivity contribution < 1.29 is 18.3 Å². The fourth-order valence-electron chi connectivity index (χ4n) is 1.78. The van der Waals surface area contributed by atoms with Gasteiger partial charge in [0.25, 0.3) is 0 Å². The molecule has 8 heteroatoms. The second kappa shape index (κ2) is 7.60. The van der Waals surface area contributed by atoms with Gasteiger partial charge in [-0.2, -0.15) is 8.78 Å². The van der Waals surface area contributed by atoms with Crippen LogP contribution in [0.2, 0.25) is 0 Å². The minimum atomic E-state index is -2.85. The molecule has 0 radical (unpaired) electrons. The summed E-state index contributed by atoms with van der Waals surface area (Å²) in [6.07, 6.45) is 1.25. The van der Waals surface area contributed by atoms with E-state index in [0.29, 0.717) is 30.5 Å². The Hall–Kier alpha value is -2.35. The Morgan fingerprint density at radius 2 is 2.09 bits per heavy atom. The van der Waals surface area contributed by atoms with Crippen molar-refractivity contribution in [2.75, 3.05) is 12.4 Å². The first-order chi connectivity index (χ1) is 10.6. The molecule has 6 nitrogen and oxygen atoms in total. The molecule has 0 saturated heterocycles. The quantitative estimate of drug-likeness (QED) is 0.847. The van der Waals surface area contributed by atoms with E-state index in [1.807, 2.05) is 6.92 Å². The van der Waals surface area contributed by atoms with Crippen molar-refractivity contribution in [3.8, 4) is 5.75 Å². The van der Waals surface area contributed by atoms with Gasteiger partial charge in [0.1, 0.15) is 18.2 Å². The van der Waals surface area contributed by atoms with Crippen LogP contribution < -0.4 is 10.1 Å². The average Bonchev–Trinajstić information content (AvgIpc) is 2.46. The zero-order chi connectivity index (χ0) is 15.9. The van der Waals surface area contributed by atoms with Crippen LogP contribution >= 0.6 is 0 Å². The van der Waals surface area contributed by atoms with E-state index in [1.165, 1.54) is 12.3 Å². The maximum absolute atomic E-state index is 12.0. The Balaban J connectivity index is 1.97. The molecule has 0 aliphatic rings. The Morgan fingerprint density at radius 3 is 2.73 bits per heavy atom. The van der Waals surface area contributed by atoms with E-state index in [-0.39, 0.29) is 5.75 Å². The van der Waals surface area contributed by atoms with Gasteiger partial charge in [0.2, 0.25) is 0 Å². The maximum atomic E-state index is 12.0. The van der Waals surface area contributed by atoms with Crippen LogP contribution in [0.15, 0.2) is 24.4 Å². The van der Waals surface area contributed by atoms with Gasteiger partial charge >= 0.3 is 6.61 Å². The molecular formula is C14H16F2N4O2. The Kier molecular flexibility index (Phi) is 5.54. The number of anilines is 1. The van der Waals surface area contributed by atoms with Crippen molar-refractivity contribution in [1.29, 1.82) is 0 Å². The molecule has 2 aromatic heterocycles. The molecule has 0 aliphatic heterocycles. The fourth-order valence-corrected chi connectivity index (χ4v) is 1.78. The maximum Gasteiger partial charge on any atom is 0.387 e. The molecule has 22 heavy (non-hydrogen) atoms. The predicted octanol–water partition coefficient (Wildman–Crippen LogP) is 2.54. The first kappa shape index (κ1) is 16.0. The number of nitrogens with one attached hydrogen (secondary N) is 1. The number of aromatic nitrogens is 3. The van der Waals surface area contributed by atoms with E-state index >= 15 is 0 Å². The number of methoxy groups -OCH3 is 1. The molecule has 0 aromatic carbocycles. The number of alkyl halides is 2. The van der Waals surface area contributed by atoms with Crippen LogP contribution in [0, 0.1) is 6.92 Å². The summed E-state index contributed by atoms with van der Waals surface area (Å²) in [6, 6.07) is 4.85. The van der Waals surface area contributed by atoms with Crippen LogP contribution in [0.3, 0.4) is 0 Å². The van der Waals surface area contributed by atoms with Gasteiger partial charge in [0.15, 0.2) is 5.82 Å². The highest BCUT2D eigenvalue weighted by atomic mass is 19.3. The lowest BCUT2D eigenvalue weighted by Gasteiger charge is -2.09. The van der Waals surface area contributed by atoms with Gasteiger partial charge in [0.05, 0.1) is 18.4 Å². The van der Waals surface area contributed by atoms with Crippen molar-refractivity contribution in [3.63, 3.8) is 0 Å². The van der Waals surface area contributed by atoms with Gasteiger partial charge in [0, 0.05) is 18.9 Å². The molecule has 2 aromatic rings. The normalized spacial score (nSPS) is 10.8. The molecule has 0 bridgehead atoms. The van der Waals surface area contributed by atoms with Crippen LogP contribution in [0.25, 0.3) is 0 Å². The van der Waals surface area contributed by atoms with Gasteiger partial charge in [-0.1, -0.05) is 0 Å². The molecule has 0 fully saturated rings. The van der Waals surface area contributed by atoms with Crippen LogP contribution in [-0.4, -0.2) is 28.7 Å². The molecule has 0 spiro atoms. The molecule has 0 amide bonds. The molecular weight excluding hydrogens is 294 g/mol. The molecule has 2 rings (SSSR count). The summed E-state index contributed by atoms with van der Waals surface area (Å²) in [7, 11) is 1.58. The lowest BCUT2D eigenvalue weighted by atomic mass is 10.3. The second-order valence-electron chi connectivity index (χ2n) is 4.46. The van der Waals surface area contributed by atoms with E-state index in [1.54, 1.807) is 19.2 Å². The topological polar surface area (TPSA) is 69.2 Å². The van der Waals surface area contributed by atoms with E-state index in [0.717, 1.165) is 5.69 Å². The zero-order valence-corrected chi connectivity index (χ0v) is 12.2. The lowest BCUT2D eigenvalue weighted by molar-refractivity contribution is -0.0500. The summed E-state index contributed by atoms with van der Waals surface area (Å²) in [4.78, 5) is 12.6. The van der Waals surface area contributed by atoms with E-state index < -0.39 is 6.61 Å². The summed E-state index contributed by atoms with van der Waals surface area (Å²) < 4.78 is 33.3. The van der Waals surface area contributed by atoms with Gasteiger partial charge in [-0.15, -0.1) is 0 Å². The number of halogens is 2. The minimum absolute atomic E-state index is 0.0269. The molecule has 0 atom stereocenters. The SMILES string of the molecule is COCc1nc(C)cc(NCc2ccc(OC(F)F)cn2)n1. The number of nitrogens with zero attached hydrogens (tertiary/aromatic N) is 3. The highest BCUT2D eigenvalue weighted by Gasteiger charge is 2.05. The predicted molar refractivity (Wildman–Crippen MR) is 75.7 cm³/mol. The fraction of sp³-hybridized carbons (Fsp3) is 0.357. The number of ether oxygens (including phenoxy) is 2. The van der Waals surface area contributed by atoms with Crippen molar-refractivity contribution in [2.24, 2.45) is 0 Å². The van der Waals surface area contributed by atoms with Gasteiger partial charge in [-0.05, 0) is 19.1 Å². The molecule has 0 aliphatic carbocycles. The van der Waals surface area contributed by atoms with Crippen LogP contribution in [-0.2, 0) is 17.9 Å². The number of rotatable bonds is 7. The Morgan fingerprint density at radius 1 is 1.27 bits per heavy atom. The van der Waals surface area contributed by atoms with Crippen LogP contribution in [0.5, 0.6) is 5.75 Å². The summed E-state index contributed by atoms with van der Waals surface area (Å²) in [5.74, 6) is 1.26. The summed E-state index contributed by atoms with van der Waals surface area (Å²) in [5.41, 5.74) is 1.49. The second-order valence-corrected chi connectivity index (χ2v) is 4.46. The zero-order valence-electron chi connectivity index (χ0n) is 12.2. The minimum Gasteiger partial charge on any atom is -0.433 e. The number of pyridine rings is 1. The van der Waals surface area contributed by atoms with E-state index in [4.69, 9.17) is 4.74 Å². The molecule has 0 saturated carbocycles. The molecule has 2 heterocycles. The Labute approximate surface area is 126 Å². The molecule has 0 unspecified atom stereocenters. The monoisotopic (exact) mass is 310 g/mol. The van der Waals surface area contributed by atoms with E-state index in [9.17, 15) is 8.78 Å². The largest absolute Gasteiger partial charge is 0.433 e. The number of hydrogen-bond donors (Lipinski definition) is 1. The third kappa shape index (κ3) is 4.88. The van der Waals surface area contributed by atoms with Crippen LogP contribution in [0.4, 0.5) is 14.6 Å². The highest BCUT2D eigenvalue weighted by Crippen LogP contribution is 2.13. The highest BCUT2D eigenvalue weighted by molar-refractivity contribution is 5.36. The summed E-state index contributed by atoms with van der Waals surface area (Å²) >= 11 is 0. The van der Waals surface area contributed by atoms with Crippen molar-refractivity contribution >= 4 is 5.82 Å². The average molecular weight is 310 g/mol. The first-order valence-electron chi connectivity index (χ1n) is 6.54. The van der Waals surface area contributed by atoms with Gasteiger partial charge in [-0.25, -0.2) is 9.97 Å². The summed E-state index contributed by atoms with van der Waals surface area (Å²) in [6.45, 7) is -0.263. The smallest absolute Gasteiger partial charge is 0.387 e. The Bertz CT molecular complexity index is 608. The lowest BCUT2D eigenvalue weighted by Crippen LogP contribution is -2.07. The summed E-state index contributed by atoms with van der Waals surface area (Å²) in [5, 5.41) is 3.10. The molecule has 118 valence electrons. The standard InChI is InChI=1S/C14H16F2N4O2/c1-9-5-12(20-13(19-9)8-21-2)18-6-10-3-4-11(7-17-10)22-14(15)16/h3-5,7,14H,6,8H2,1-2H3,(H,18,19,20).